The number of allylic oxidation sites excluding steroid dienone is 1. The van der Waals surface area contributed by atoms with Gasteiger partial charge in [0.15, 0.2) is 0 Å². The summed E-state index contributed by atoms with van der Waals surface area (Å²) in [6, 6.07) is 4.98. The molecular formula is C17H22Hf. The molecule has 0 bridgehead atoms. The largest absolute Gasteiger partial charge is 0.0761 e. The Kier molecular flexibility index (Phi) is 4.64. The molecule has 3 rings (SSSR count). The van der Waals surface area contributed by atoms with E-state index in [1.807, 2.05) is 0 Å². The fraction of sp³-hybridized carbons (Fsp3) is 0.529. The predicted octanol–water partition coefficient (Wildman–Crippen LogP) is 4.72. The molecule has 0 aromatic heterocycles. The van der Waals surface area contributed by atoms with Crippen LogP contribution in [-0.2, 0) is 38.7 Å². The molecule has 0 amide bonds. The van der Waals surface area contributed by atoms with Gasteiger partial charge in [0.05, 0.1) is 0 Å². The zero-order chi connectivity index (χ0) is 11.8. The van der Waals surface area contributed by atoms with Crippen LogP contribution in [0.3, 0.4) is 0 Å². The smallest absolute Gasteiger partial charge is 0.00528 e. The van der Waals surface area contributed by atoms with Crippen molar-refractivity contribution in [2.45, 2.75) is 51.9 Å². The minimum absolute atomic E-state index is 0. The third kappa shape index (κ3) is 2.43. The van der Waals surface area contributed by atoms with Crippen LogP contribution in [0.2, 0.25) is 0 Å². The Morgan fingerprint density at radius 1 is 1.17 bits per heavy atom. The van der Waals surface area contributed by atoms with Gasteiger partial charge in [-0.1, -0.05) is 44.6 Å². The Bertz CT molecular complexity index is 459. The van der Waals surface area contributed by atoms with Crippen molar-refractivity contribution in [1.29, 1.82) is 0 Å². The first-order chi connectivity index (χ1) is 8.29. The van der Waals surface area contributed by atoms with E-state index in [0.29, 0.717) is 5.92 Å². The van der Waals surface area contributed by atoms with Crippen LogP contribution in [0.5, 0.6) is 0 Å². The first kappa shape index (κ1) is 14.2. The molecule has 18 heavy (non-hydrogen) atoms. The molecule has 0 aliphatic heterocycles. The van der Waals surface area contributed by atoms with Crippen molar-refractivity contribution >= 4 is 6.08 Å². The number of hydrogen-bond acceptors (Lipinski definition) is 0. The van der Waals surface area contributed by atoms with Gasteiger partial charge in [0, 0.05) is 31.8 Å². The molecule has 2 unspecified atom stereocenters. The van der Waals surface area contributed by atoms with Crippen LogP contribution in [0.15, 0.2) is 18.2 Å². The third-order valence-electron chi connectivity index (χ3n) is 4.65. The summed E-state index contributed by atoms with van der Waals surface area (Å²) in [4.78, 5) is 0. The Morgan fingerprint density at radius 2 is 1.83 bits per heavy atom. The summed E-state index contributed by atoms with van der Waals surface area (Å²) in [7, 11) is 0. The van der Waals surface area contributed by atoms with E-state index in [9.17, 15) is 0 Å². The molecule has 0 nitrogen and oxygen atoms in total. The molecule has 0 saturated heterocycles. The van der Waals surface area contributed by atoms with E-state index >= 15 is 0 Å². The number of rotatable bonds is 2. The van der Waals surface area contributed by atoms with E-state index < -0.39 is 0 Å². The molecule has 0 radical (unpaired) electrons. The second kappa shape index (κ2) is 5.86. The zero-order valence-electron chi connectivity index (χ0n) is 11.5. The van der Waals surface area contributed by atoms with Gasteiger partial charge >= 0.3 is 0 Å². The van der Waals surface area contributed by atoms with Crippen LogP contribution in [0.1, 0.15) is 61.3 Å². The topological polar surface area (TPSA) is 0 Å². The van der Waals surface area contributed by atoms with Crippen molar-refractivity contribution in [1.82, 2.24) is 0 Å². The first-order valence-electron chi connectivity index (χ1n) is 7.13. The van der Waals surface area contributed by atoms with Crippen LogP contribution in [0.25, 0.3) is 6.08 Å². The number of benzene rings is 1. The van der Waals surface area contributed by atoms with Gasteiger partial charge in [-0.3, -0.25) is 0 Å². The minimum atomic E-state index is 0. The molecule has 94 valence electrons. The second-order valence-corrected chi connectivity index (χ2v) is 5.73. The van der Waals surface area contributed by atoms with E-state index in [1.54, 1.807) is 16.7 Å². The molecule has 1 aromatic carbocycles. The van der Waals surface area contributed by atoms with Crippen molar-refractivity contribution in [3.63, 3.8) is 0 Å². The number of fused-ring (bicyclic) bond motifs is 2. The number of hydrogen-bond donors (Lipinski definition) is 0. The van der Waals surface area contributed by atoms with Crippen LogP contribution in [-0.4, -0.2) is 0 Å². The maximum Gasteiger partial charge on any atom is 0.00528 e. The summed E-state index contributed by atoms with van der Waals surface area (Å²) in [6.07, 6.45) is 11.4. The van der Waals surface area contributed by atoms with Gasteiger partial charge in [-0.05, 0) is 53.9 Å². The van der Waals surface area contributed by atoms with Gasteiger partial charge in [0.1, 0.15) is 0 Å². The maximum absolute atomic E-state index is 2.51. The van der Waals surface area contributed by atoms with Gasteiger partial charge in [-0.15, -0.1) is 0 Å². The van der Waals surface area contributed by atoms with Crippen molar-refractivity contribution in [2.24, 2.45) is 5.92 Å². The van der Waals surface area contributed by atoms with E-state index in [0.717, 1.165) is 5.92 Å². The molecule has 0 heterocycles. The molecule has 0 N–H and O–H groups in total. The molecule has 1 aromatic rings. The normalized spacial score (nSPS) is 22.0. The van der Waals surface area contributed by atoms with Crippen LogP contribution in [0, 0.1) is 5.92 Å². The van der Waals surface area contributed by atoms with Gasteiger partial charge < -0.3 is 0 Å². The first-order valence-corrected chi connectivity index (χ1v) is 7.13. The summed E-state index contributed by atoms with van der Waals surface area (Å²) >= 11 is 0. The van der Waals surface area contributed by atoms with Crippen molar-refractivity contribution < 1.29 is 25.8 Å². The van der Waals surface area contributed by atoms with E-state index in [4.69, 9.17) is 0 Å². The van der Waals surface area contributed by atoms with E-state index in [2.05, 4.69) is 38.1 Å². The van der Waals surface area contributed by atoms with Crippen LogP contribution < -0.4 is 0 Å². The maximum atomic E-state index is 2.51. The summed E-state index contributed by atoms with van der Waals surface area (Å²) in [5.74, 6) is 1.44. The van der Waals surface area contributed by atoms with E-state index in [-0.39, 0.29) is 25.8 Å². The molecular weight excluding hydrogens is 383 g/mol. The van der Waals surface area contributed by atoms with Crippen molar-refractivity contribution in [3.8, 4) is 0 Å². The van der Waals surface area contributed by atoms with Gasteiger partial charge in [0.2, 0.25) is 0 Å². The second-order valence-electron chi connectivity index (χ2n) is 5.73. The average Bonchev–Trinajstić information content (AvgIpc) is 2.78. The van der Waals surface area contributed by atoms with Crippen LogP contribution in [0.4, 0.5) is 0 Å². The molecule has 0 spiro atoms. The molecule has 0 saturated carbocycles. The third-order valence-corrected chi connectivity index (χ3v) is 4.65. The predicted molar refractivity (Wildman–Crippen MR) is 74.3 cm³/mol. The Hall–Kier alpha value is -0.170. The molecule has 0 fully saturated rings. The van der Waals surface area contributed by atoms with Crippen LogP contribution >= 0.6 is 0 Å². The SMILES string of the molecule is CCC(C)C1C=Cc2cc3c(cc21)CCCC3.[Hf]. The van der Waals surface area contributed by atoms with Crippen molar-refractivity contribution in [3.05, 3.63) is 40.5 Å². The minimum Gasteiger partial charge on any atom is -0.0761 e. The average molecular weight is 405 g/mol. The summed E-state index contributed by atoms with van der Waals surface area (Å²) in [5, 5.41) is 0. The van der Waals surface area contributed by atoms with Crippen molar-refractivity contribution in [2.75, 3.05) is 0 Å². The Balaban J connectivity index is 0.00000120. The van der Waals surface area contributed by atoms with Gasteiger partial charge in [-0.25, -0.2) is 0 Å². The monoisotopic (exact) mass is 406 g/mol. The molecule has 2 aliphatic rings. The Morgan fingerprint density at radius 3 is 2.50 bits per heavy atom. The summed E-state index contributed by atoms with van der Waals surface area (Å²) in [5.41, 5.74) is 6.34. The van der Waals surface area contributed by atoms with E-state index in [1.165, 1.54) is 37.7 Å². The molecule has 2 atom stereocenters. The zero-order valence-corrected chi connectivity index (χ0v) is 15.1. The summed E-state index contributed by atoms with van der Waals surface area (Å²) < 4.78 is 0. The van der Waals surface area contributed by atoms with Gasteiger partial charge in [-0.2, -0.15) is 0 Å². The molecule has 2 aliphatic carbocycles. The Labute approximate surface area is 130 Å². The number of aryl methyl sites for hydroxylation is 2. The molecule has 1 heteroatoms. The van der Waals surface area contributed by atoms with Gasteiger partial charge in [0.25, 0.3) is 0 Å². The fourth-order valence-electron chi connectivity index (χ4n) is 3.32. The summed E-state index contributed by atoms with van der Waals surface area (Å²) in [6.45, 7) is 4.68. The fourth-order valence-corrected chi connectivity index (χ4v) is 3.32. The standard InChI is InChI=1S/C17H22.Hf/c1-3-12(2)16-9-8-15-10-13-6-4-5-7-14(13)11-17(15)16;/h8-12,16H,3-7H2,1-2H3;. The quantitative estimate of drug-likeness (QED) is 0.626.